The van der Waals surface area contributed by atoms with Crippen molar-refractivity contribution in [3.63, 3.8) is 0 Å². The molecule has 0 amide bonds. The van der Waals surface area contributed by atoms with Gasteiger partial charge in [0.05, 0.1) is 0 Å². The van der Waals surface area contributed by atoms with Gasteiger partial charge in [-0.1, -0.05) is 56.3 Å². The molecule has 0 N–H and O–H groups in total. The zero-order valence-electron chi connectivity index (χ0n) is 14.9. The molecule has 2 aromatic carbocycles. The third kappa shape index (κ3) is 3.52. The lowest BCUT2D eigenvalue weighted by molar-refractivity contribution is 0.292. The fourth-order valence-electron chi connectivity index (χ4n) is 3.33. The molecule has 25 heavy (non-hydrogen) atoms. The van der Waals surface area contributed by atoms with Crippen molar-refractivity contribution in [1.82, 2.24) is 9.88 Å². The highest BCUT2D eigenvalue weighted by Crippen LogP contribution is 2.28. The molecule has 0 aliphatic carbocycles. The standard InChI is InChI=1S/C22H24N2O/c1-16(2)19-8-9-21-20(14-19)23-22(25-21)18-10-12-24(13-11-18)15-17-6-4-3-5-7-17/h3-10,14,16H,11-13,15H2,1-2H3. The first kappa shape index (κ1) is 16.1. The number of hydrogen-bond acceptors (Lipinski definition) is 3. The maximum Gasteiger partial charge on any atom is 0.222 e. The predicted octanol–water partition coefficient (Wildman–Crippen LogP) is 5.24. The molecule has 0 saturated heterocycles. The average Bonchev–Trinajstić information content (AvgIpc) is 3.06. The molecule has 0 radical (unpaired) electrons. The highest BCUT2D eigenvalue weighted by atomic mass is 16.3. The summed E-state index contributed by atoms with van der Waals surface area (Å²) in [5.74, 6) is 1.29. The Kier molecular flexibility index (Phi) is 4.41. The molecule has 3 aromatic rings. The van der Waals surface area contributed by atoms with Gasteiger partial charge in [-0.3, -0.25) is 4.90 Å². The Morgan fingerprint density at radius 2 is 1.96 bits per heavy atom. The summed E-state index contributed by atoms with van der Waals surface area (Å²) >= 11 is 0. The highest BCUT2D eigenvalue weighted by Gasteiger charge is 2.17. The van der Waals surface area contributed by atoms with Crippen LogP contribution in [0.15, 0.2) is 59.0 Å². The molecule has 0 unspecified atom stereocenters. The SMILES string of the molecule is CC(C)c1ccc2oc(C3=CCN(Cc4ccccc4)CC3)nc2c1. The molecular weight excluding hydrogens is 308 g/mol. The number of hydrogen-bond donors (Lipinski definition) is 0. The summed E-state index contributed by atoms with van der Waals surface area (Å²) in [4.78, 5) is 7.19. The number of nitrogens with zero attached hydrogens (tertiary/aromatic N) is 2. The normalized spacial score (nSPS) is 15.7. The lowest BCUT2D eigenvalue weighted by atomic mass is 10.0. The fourth-order valence-corrected chi connectivity index (χ4v) is 3.33. The second kappa shape index (κ2) is 6.85. The largest absolute Gasteiger partial charge is 0.436 e. The molecule has 0 fully saturated rings. The maximum atomic E-state index is 6.00. The van der Waals surface area contributed by atoms with Crippen LogP contribution < -0.4 is 0 Å². The first-order valence-corrected chi connectivity index (χ1v) is 9.05. The van der Waals surface area contributed by atoms with Crippen LogP contribution in [-0.4, -0.2) is 23.0 Å². The van der Waals surface area contributed by atoms with E-state index in [-0.39, 0.29) is 0 Å². The summed E-state index contributed by atoms with van der Waals surface area (Å²) in [5.41, 5.74) is 5.74. The van der Waals surface area contributed by atoms with Crippen molar-refractivity contribution in [3.8, 4) is 0 Å². The summed E-state index contributed by atoms with van der Waals surface area (Å²) < 4.78 is 6.00. The second-order valence-corrected chi connectivity index (χ2v) is 7.10. The minimum Gasteiger partial charge on any atom is -0.436 e. The third-order valence-electron chi connectivity index (χ3n) is 4.90. The molecular formula is C22H24N2O. The van der Waals surface area contributed by atoms with Gasteiger partial charge in [-0.25, -0.2) is 4.98 Å². The molecule has 0 saturated carbocycles. The highest BCUT2D eigenvalue weighted by molar-refractivity contribution is 5.77. The quantitative estimate of drug-likeness (QED) is 0.654. The zero-order valence-corrected chi connectivity index (χ0v) is 14.9. The number of aromatic nitrogens is 1. The van der Waals surface area contributed by atoms with Gasteiger partial charge in [0.25, 0.3) is 0 Å². The van der Waals surface area contributed by atoms with Crippen LogP contribution in [0.4, 0.5) is 0 Å². The Bertz CT molecular complexity index is 893. The van der Waals surface area contributed by atoms with Gasteiger partial charge in [0.2, 0.25) is 5.89 Å². The van der Waals surface area contributed by atoms with Gasteiger partial charge in [-0.05, 0) is 35.6 Å². The molecule has 3 heteroatoms. The van der Waals surface area contributed by atoms with Gasteiger partial charge in [-0.2, -0.15) is 0 Å². The van der Waals surface area contributed by atoms with E-state index in [1.807, 2.05) is 6.07 Å². The van der Waals surface area contributed by atoms with E-state index < -0.39 is 0 Å². The Balaban J connectivity index is 1.50. The van der Waals surface area contributed by atoms with E-state index in [0.717, 1.165) is 43.0 Å². The van der Waals surface area contributed by atoms with E-state index >= 15 is 0 Å². The Hall–Kier alpha value is -2.39. The molecule has 1 aliphatic heterocycles. The number of benzene rings is 2. The van der Waals surface area contributed by atoms with Gasteiger partial charge in [0.15, 0.2) is 5.58 Å². The molecule has 0 bridgehead atoms. The van der Waals surface area contributed by atoms with Gasteiger partial charge < -0.3 is 4.42 Å². The fraction of sp³-hybridized carbons (Fsp3) is 0.318. The zero-order chi connectivity index (χ0) is 17.2. The molecule has 0 spiro atoms. The van der Waals surface area contributed by atoms with Gasteiger partial charge in [0.1, 0.15) is 5.52 Å². The maximum absolute atomic E-state index is 6.00. The summed E-state index contributed by atoms with van der Waals surface area (Å²) in [7, 11) is 0. The van der Waals surface area contributed by atoms with E-state index in [2.05, 4.69) is 67.3 Å². The molecule has 1 aromatic heterocycles. The predicted molar refractivity (Wildman–Crippen MR) is 102 cm³/mol. The van der Waals surface area contributed by atoms with Crippen LogP contribution in [-0.2, 0) is 6.54 Å². The van der Waals surface area contributed by atoms with Crippen molar-refractivity contribution in [1.29, 1.82) is 0 Å². The van der Waals surface area contributed by atoms with E-state index in [4.69, 9.17) is 9.40 Å². The van der Waals surface area contributed by atoms with Crippen LogP contribution in [0.1, 0.15) is 43.2 Å². The van der Waals surface area contributed by atoms with Crippen LogP contribution in [0.25, 0.3) is 16.7 Å². The third-order valence-corrected chi connectivity index (χ3v) is 4.90. The van der Waals surface area contributed by atoms with E-state index in [1.165, 1.54) is 16.7 Å². The molecule has 1 aliphatic rings. The Labute approximate surface area is 149 Å². The van der Waals surface area contributed by atoms with Gasteiger partial charge in [-0.15, -0.1) is 0 Å². The summed E-state index contributed by atoms with van der Waals surface area (Å²) in [6, 6.07) is 17.0. The van der Waals surface area contributed by atoms with Gasteiger partial charge >= 0.3 is 0 Å². The first-order valence-electron chi connectivity index (χ1n) is 9.05. The second-order valence-electron chi connectivity index (χ2n) is 7.10. The minimum absolute atomic E-state index is 0.505. The van der Waals surface area contributed by atoms with E-state index in [9.17, 15) is 0 Å². The number of fused-ring (bicyclic) bond motifs is 1. The van der Waals surface area contributed by atoms with E-state index in [0.29, 0.717) is 5.92 Å². The molecule has 128 valence electrons. The van der Waals surface area contributed by atoms with Crippen molar-refractivity contribution in [2.45, 2.75) is 32.7 Å². The summed E-state index contributed by atoms with van der Waals surface area (Å²) in [6.45, 7) is 7.38. The Morgan fingerprint density at radius 3 is 2.68 bits per heavy atom. The number of oxazole rings is 1. The van der Waals surface area contributed by atoms with Crippen LogP contribution >= 0.6 is 0 Å². The topological polar surface area (TPSA) is 29.3 Å². The minimum atomic E-state index is 0.505. The molecule has 0 atom stereocenters. The number of rotatable bonds is 4. The first-order chi connectivity index (χ1) is 12.2. The van der Waals surface area contributed by atoms with Crippen molar-refractivity contribution in [2.75, 3.05) is 13.1 Å². The summed E-state index contributed by atoms with van der Waals surface area (Å²) in [6.07, 6.45) is 3.25. The van der Waals surface area contributed by atoms with Crippen LogP contribution in [0.2, 0.25) is 0 Å². The molecule has 2 heterocycles. The van der Waals surface area contributed by atoms with Crippen LogP contribution in [0.3, 0.4) is 0 Å². The van der Waals surface area contributed by atoms with Crippen molar-refractivity contribution in [2.24, 2.45) is 0 Å². The van der Waals surface area contributed by atoms with Crippen LogP contribution in [0, 0.1) is 0 Å². The van der Waals surface area contributed by atoms with Crippen molar-refractivity contribution < 1.29 is 4.42 Å². The van der Waals surface area contributed by atoms with Gasteiger partial charge in [0, 0.05) is 25.2 Å². The van der Waals surface area contributed by atoms with E-state index in [1.54, 1.807) is 0 Å². The lowest BCUT2D eigenvalue weighted by Gasteiger charge is -2.25. The summed E-state index contributed by atoms with van der Waals surface area (Å²) in [5, 5.41) is 0. The van der Waals surface area contributed by atoms with Crippen molar-refractivity contribution >= 4 is 16.7 Å². The van der Waals surface area contributed by atoms with Crippen molar-refractivity contribution in [3.05, 3.63) is 71.6 Å². The lowest BCUT2D eigenvalue weighted by Crippen LogP contribution is -2.28. The average molecular weight is 332 g/mol. The van der Waals surface area contributed by atoms with Crippen LogP contribution in [0.5, 0.6) is 0 Å². The monoisotopic (exact) mass is 332 g/mol. The smallest absolute Gasteiger partial charge is 0.222 e. The molecule has 4 rings (SSSR count). The molecule has 3 nitrogen and oxygen atoms in total. The Morgan fingerprint density at radius 1 is 1.12 bits per heavy atom.